The molecule has 0 aliphatic heterocycles. The topological polar surface area (TPSA) is 93.5 Å². The fourth-order valence-corrected chi connectivity index (χ4v) is 1.47. The van der Waals surface area contributed by atoms with Crippen molar-refractivity contribution in [3.8, 4) is 5.75 Å². The number of rotatable bonds is 7. The predicted octanol–water partition coefficient (Wildman–Crippen LogP) is 0.679. The molecule has 6 heteroatoms. The van der Waals surface area contributed by atoms with E-state index in [-0.39, 0.29) is 30.9 Å². The van der Waals surface area contributed by atoms with Gasteiger partial charge in [-0.1, -0.05) is 0 Å². The lowest BCUT2D eigenvalue weighted by atomic mass is 10.3. The van der Waals surface area contributed by atoms with Crippen molar-refractivity contribution in [3.63, 3.8) is 0 Å². The molecule has 0 saturated carbocycles. The van der Waals surface area contributed by atoms with Crippen molar-refractivity contribution in [2.45, 2.75) is 26.3 Å². The Hall–Kier alpha value is -2.24. The highest BCUT2D eigenvalue weighted by Crippen LogP contribution is 2.12. The Balaban J connectivity index is 2.17. The average molecular weight is 279 g/mol. The Bertz CT molecular complexity index is 443. The van der Waals surface area contributed by atoms with Gasteiger partial charge in [0.1, 0.15) is 5.75 Å². The predicted molar refractivity (Wildman–Crippen MR) is 77.3 cm³/mol. The van der Waals surface area contributed by atoms with Crippen LogP contribution in [0.4, 0.5) is 5.69 Å². The van der Waals surface area contributed by atoms with Gasteiger partial charge in [-0.2, -0.15) is 0 Å². The molecule has 20 heavy (non-hydrogen) atoms. The number of hydrogen-bond acceptors (Lipinski definition) is 4. The van der Waals surface area contributed by atoms with Crippen molar-refractivity contribution in [2.24, 2.45) is 0 Å². The summed E-state index contributed by atoms with van der Waals surface area (Å²) in [5.74, 6) is 0.228. The molecule has 1 aromatic rings. The highest BCUT2D eigenvalue weighted by molar-refractivity contribution is 5.79. The third-order valence-electron chi connectivity index (χ3n) is 2.37. The van der Waals surface area contributed by atoms with E-state index < -0.39 is 0 Å². The molecular formula is C14H21N3O3. The number of hydrogen-bond donors (Lipinski definition) is 3. The smallest absolute Gasteiger partial charge is 0.257 e. The quantitative estimate of drug-likeness (QED) is 0.640. The molecule has 0 aliphatic carbocycles. The number of ether oxygens (including phenoxy) is 1. The molecule has 0 aliphatic rings. The van der Waals surface area contributed by atoms with E-state index in [2.05, 4.69) is 10.6 Å². The lowest BCUT2D eigenvalue weighted by molar-refractivity contribution is -0.123. The zero-order valence-electron chi connectivity index (χ0n) is 11.8. The number of benzene rings is 1. The van der Waals surface area contributed by atoms with Crippen LogP contribution in [-0.2, 0) is 9.59 Å². The second-order valence-electron chi connectivity index (χ2n) is 4.68. The Morgan fingerprint density at radius 2 is 1.85 bits per heavy atom. The van der Waals surface area contributed by atoms with Crippen LogP contribution >= 0.6 is 0 Å². The summed E-state index contributed by atoms with van der Waals surface area (Å²) in [6.07, 6.45) is 0.256. The normalized spacial score (nSPS) is 10.2. The summed E-state index contributed by atoms with van der Waals surface area (Å²) in [6, 6.07) is 6.89. The summed E-state index contributed by atoms with van der Waals surface area (Å²) in [5.41, 5.74) is 6.18. The molecular weight excluding hydrogens is 258 g/mol. The molecule has 1 rings (SSSR count). The first-order valence-electron chi connectivity index (χ1n) is 6.52. The van der Waals surface area contributed by atoms with Crippen LogP contribution in [0.25, 0.3) is 0 Å². The number of anilines is 1. The lowest BCUT2D eigenvalue weighted by Crippen LogP contribution is -2.35. The summed E-state index contributed by atoms with van der Waals surface area (Å²) in [6.45, 7) is 3.98. The first-order valence-corrected chi connectivity index (χ1v) is 6.52. The van der Waals surface area contributed by atoms with Crippen LogP contribution in [0.15, 0.2) is 24.3 Å². The maximum Gasteiger partial charge on any atom is 0.257 e. The van der Waals surface area contributed by atoms with Crippen LogP contribution in [0.3, 0.4) is 0 Å². The molecule has 0 fully saturated rings. The molecule has 0 saturated heterocycles. The maximum atomic E-state index is 11.5. The van der Waals surface area contributed by atoms with Gasteiger partial charge in [-0.25, -0.2) is 0 Å². The standard InChI is InChI=1S/C14H21N3O3/c1-10(2)17-13(18)7-8-16-14(19)9-20-12-5-3-11(15)4-6-12/h3-6,10H,7-9,15H2,1-2H3,(H,16,19)(H,17,18). The van der Waals surface area contributed by atoms with Crippen LogP contribution in [0.5, 0.6) is 5.75 Å². The van der Waals surface area contributed by atoms with E-state index in [9.17, 15) is 9.59 Å². The van der Waals surface area contributed by atoms with E-state index in [1.807, 2.05) is 13.8 Å². The molecule has 0 radical (unpaired) electrons. The van der Waals surface area contributed by atoms with Crippen molar-refractivity contribution in [2.75, 3.05) is 18.9 Å². The largest absolute Gasteiger partial charge is 0.484 e. The van der Waals surface area contributed by atoms with Crippen LogP contribution in [0.2, 0.25) is 0 Å². The minimum Gasteiger partial charge on any atom is -0.484 e. The summed E-state index contributed by atoms with van der Waals surface area (Å²) in [4.78, 5) is 22.8. The van der Waals surface area contributed by atoms with Gasteiger partial charge in [0.15, 0.2) is 6.61 Å². The molecule has 4 N–H and O–H groups in total. The molecule has 0 spiro atoms. The minimum absolute atomic E-state index is 0.0836. The monoisotopic (exact) mass is 279 g/mol. The molecule has 0 aromatic heterocycles. The van der Waals surface area contributed by atoms with E-state index in [0.29, 0.717) is 18.0 Å². The minimum atomic E-state index is -0.265. The number of amides is 2. The second kappa shape index (κ2) is 8.04. The Kier molecular flexibility index (Phi) is 6.36. The molecule has 0 atom stereocenters. The molecule has 6 nitrogen and oxygen atoms in total. The Labute approximate surface area is 118 Å². The van der Waals surface area contributed by atoms with Crippen molar-refractivity contribution in [3.05, 3.63) is 24.3 Å². The van der Waals surface area contributed by atoms with Gasteiger partial charge < -0.3 is 21.1 Å². The van der Waals surface area contributed by atoms with Crippen LogP contribution in [-0.4, -0.2) is 31.0 Å². The number of nitrogens with one attached hydrogen (secondary N) is 2. The molecule has 0 bridgehead atoms. The second-order valence-corrected chi connectivity index (χ2v) is 4.68. The lowest BCUT2D eigenvalue weighted by Gasteiger charge is -2.09. The van der Waals surface area contributed by atoms with Gasteiger partial charge in [-0.05, 0) is 38.1 Å². The zero-order chi connectivity index (χ0) is 15.0. The third-order valence-corrected chi connectivity index (χ3v) is 2.37. The average Bonchev–Trinajstić information content (AvgIpc) is 2.37. The van der Waals surface area contributed by atoms with Gasteiger partial charge >= 0.3 is 0 Å². The van der Waals surface area contributed by atoms with E-state index in [0.717, 1.165) is 0 Å². The van der Waals surface area contributed by atoms with Gasteiger partial charge in [0.05, 0.1) is 0 Å². The van der Waals surface area contributed by atoms with Crippen molar-refractivity contribution >= 4 is 17.5 Å². The first-order chi connectivity index (χ1) is 9.47. The van der Waals surface area contributed by atoms with Gasteiger partial charge in [0.2, 0.25) is 5.91 Å². The highest BCUT2D eigenvalue weighted by atomic mass is 16.5. The zero-order valence-corrected chi connectivity index (χ0v) is 11.8. The number of carbonyl (C=O) groups excluding carboxylic acids is 2. The van der Waals surface area contributed by atoms with Gasteiger partial charge in [0, 0.05) is 24.7 Å². The fraction of sp³-hybridized carbons (Fsp3) is 0.429. The number of nitrogens with two attached hydrogens (primary N) is 1. The van der Waals surface area contributed by atoms with E-state index in [1.54, 1.807) is 24.3 Å². The summed E-state index contributed by atoms with van der Waals surface area (Å²) >= 11 is 0. The molecule has 1 aromatic carbocycles. The van der Waals surface area contributed by atoms with Gasteiger partial charge in [-0.15, -0.1) is 0 Å². The van der Waals surface area contributed by atoms with Crippen LogP contribution < -0.4 is 21.1 Å². The fourth-order valence-electron chi connectivity index (χ4n) is 1.47. The number of nitrogen functional groups attached to an aromatic ring is 1. The van der Waals surface area contributed by atoms with Gasteiger partial charge in [0.25, 0.3) is 5.91 Å². The van der Waals surface area contributed by atoms with Crippen molar-refractivity contribution in [1.29, 1.82) is 0 Å². The summed E-state index contributed by atoms with van der Waals surface area (Å²) < 4.78 is 5.28. The van der Waals surface area contributed by atoms with Crippen LogP contribution in [0.1, 0.15) is 20.3 Å². The SMILES string of the molecule is CC(C)NC(=O)CCNC(=O)COc1ccc(N)cc1. The van der Waals surface area contributed by atoms with Crippen LogP contribution in [0, 0.1) is 0 Å². The molecule has 2 amide bonds. The third kappa shape index (κ3) is 6.63. The molecule has 110 valence electrons. The highest BCUT2D eigenvalue weighted by Gasteiger charge is 2.06. The van der Waals surface area contributed by atoms with Crippen molar-refractivity contribution < 1.29 is 14.3 Å². The number of carbonyl (C=O) groups is 2. The van der Waals surface area contributed by atoms with E-state index >= 15 is 0 Å². The molecule has 0 unspecified atom stereocenters. The Morgan fingerprint density at radius 3 is 2.45 bits per heavy atom. The summed E-state index contributed by atoms with van der Waals surface area (Å²) in [5, 5.41) is 5.37. The first kappa shape index (κ1) is 15.8. The maximum absolute atomic E-state index is 11.5. The van der Waals surface area contributed by atoms with E-state index in [1.165, 1.54) is 0 Å². The van der Waals surface area contributed by atoms with E-state index in [4.69, 9.17) is 10.5 Å². The van der Waals surface area contributed by atoms with Crippen molar-refractivity contribution in [1.82, 2.24) is 10.6 Å². The Morgan fingerprint density at radius 1 is 1.20 bits per heavy atom. The molecule has 0 heterocycles. The van der Waals surface area contributed by atoms with Gasteiger partial charge in [-0.3, -0.25) is 9.59 Å². The summed E-state index contributed by atoms with van der Waals surface area (Å²) in [7, 11) is 0.